The van der Waals surface area contributed by atoms with Crippen molar-refractivity contribution in [2.75, 3.05) is 32.7 Å². The summed E-state index contributed by atoms with van der Waals surface area (Å²) in [5.74, 6) is -0.0314. The van der Waals surface area contributed by atoms with Crippen LogP contribution in [0.25, 0.3) is 0 Å². The number of ether oxygens (including phenoxy) is 3. The normalized spacial score (nSPS) is 16.2. The Labute approximate surface area is 193 Å². The van der Waals surface area contributed by atoms with E-state index in [1.807, 2.05) is 0 Å². The van der Waals surface area contributed by atoms with E-state index in [0.717, 1.165) is 0 Å². The van der Waals surface area contributed by atoms with E-state index in [4.69, 9.17) is 19.9 Å². The lowest BCUT2D eigenvalue weighted by Gasteiger charge is -2.33. The first-order chi connectivity index (χ1) is 15.6. The molecule has 3 rings (SSSR count). The molecule has 2 aromatic rings. The quantitative estimate of drug-likeness (QED) is 0.490. The number of hydrogen-bond acceptors (Lipinski definition) is 8. The fraction of sp³-hybridized carbons (Fsp3) is 0.409. The molecule has 0 aromatic heterocycles. The highest BCUT2D eigenvalue weighted by Crippen LogP contribution is 2.35. The van der Waals surface area contributed by atoms with Crippen LogP contribution < -0.4 is 15.2 Å². The Balaban J connectivity index is 1.60. The number of methoxy groups -OCH3 is 1. The second-order valence-electron chi connectivity index (χ2n) is 7.64. The maximum atomic E-state index is 13.1. The molecule has 0 atom stereocenters. The summed E-state index contributed by atoms with van der Waals surface area (Å²) >= 11 is 0. The van der Waals surface area contributed by atoms with Gasteiger partial charge in [0.2, 0.25) is 5.91 Å². The van der Waals surface area contributed by atoms with Gasteiger partial charge in [-0.3, -0.25) is 4.79 Å². The van der Waals surface area contributed by atoms with Gasteiger partial charge < -0.3 is 19.9 Å². The second-order valence-corrected chi connectivity index (χ2v) is 12.0. The second kappa shape index (κ2) is 10.1. The van der Waals surface area contributed by atoms with Crippen LogP contribution in [0.4, 0.5) is 0 Å². The molecule has 0 spiro atoms. The number of benzene rings is 2. The first-order valence-electron chi connectivity index (χ1n) is 10.3. The average Bonchev–Trinajstić information content (AvgIpc) is 2.82. The summed E-state index contributed by atoms with van der Waals surface area (Å²) in [5.41, 5.74) is 5.47. The monoisotopic (exact) mass is 497 g/mol. The van der Waals surface area contributed by atoms with Gasteiger partial charge >= 0.3 is 0 Å². The largest absolute Gasteiger partial charge is 0.497 e. The Hall–Kier alpha value is -2.63. The van der Waals surface area contributed by atoms with Gasteiger partial charge in [0.15, 0.2) is 24.4 Å². The van der Waals surface area contributed by atoms with Crippen molar-refractivity contribution in [3.8, 4) is 11.5 Å². The van der Waals surface area contributed by atoms with Crippen LogP contribution in [0.3, 0.4) is 0 Å². The molecule has 0 saturated carbocycles. The van der Waals surface area contributed by atoms with E-state index < -0.39 is 30.3 Å². The van der Waals surface area contributed by atoms with Crippen LogP contribution >= 0.6 is 0 Å². The fourth-order valence-electron chi connectivity index (χ4n) is 3.63. The highest BCUT2D eigenvalue weighted by Gasteiger charge is 2.51. The summed E-state index contributed by atoms with van der Waals surface area (Å²) in [6.07, 6.45) is 0.260. The molecule has 0 bridgehead atoms. The lowest BCUT2D eigenvalue weighted by molar-refractivity contribution is -0.122. The molecule has 1 fully saturated rings. The van der Waals surface area contributed by atoms with Gasteiger partial charge in [-0.2, -0.15) is 0 Å². The molecular formula is C22H27NO8S2. The van der Waals surface area contributed by atoms with E-state index in [1.165, 1.54) is 43.5 Å². The van der Waals surface area contributed by atoms with Crippen molar-refractivity contribution in [2.24, 2.45) is 5.73 Å². The minimum Gasteiger partial charge on any atom is -0.497 e. The first-order valence-corrected chi connectivity index (χ1v) is 13.5. The number of sulfone groups is 2. The standard InChI is InChI=1S/C22H27NO8S2/c1-29-17-3-7-19(8-4-17)32(25,26)16-2-13-31-18-5-9-20(10-6-18)33(27,28)22(21(23)24)11-14-30-15-12-22/h3-10H,2,11-16H2,1H3,(H2,23,24). The smallest absolute Gasteiger partial charge is 0.239 e. The van der Waals surface area contributed by atoms with Gasteiger partial charge in [0.25, 0.3) is 0 Å². The highest BCUT2D eigenvalue weighted by molar-refractivity contribution is 7.93. The molecule has 2 aromatic carbocycles. The first kappa shape index (κ1) is 25.0. The minimum atomic E-state index is -4.02. The Bertz CT molecular complexity index is 1170. The number of hydrogen-bond donors (Lipinski definition) is 1. The van der Waals surface area contributed by atoms with Gasteiger partial charge in [-0.15, -0.1) is 0 Å². The van der Waals surface area contributed by atoms with E-state index in [9.17, 15) is 21.6 Å². The van der Waals surface area contributed by atoms with E-state index in [2.05, 4.69) is 0 Å². The van der Waals surface area contributed by atoms with Crippen molar-refractivity contribution < 1.29 is 35.8 Å². The molecule has 1 aliphatic rings. The maximum Gasteiger partial charge on any atom is 0.239 e. The lowest BCUT2D eigenvalue weighted by Crippen LogP contribution is -2.53. The van der Waals surface area contributed by atoms with Crippen molar-refractivity contribution in [2.45, 2.75) is 33.8 Å². The number of rotatable bonds is 10. The van der Waals surface area contributed by atoms with Gasteiger partial charge in [-0.05, 0) is 67.8 Å². The molecule has 180 valence electrons. The third kappa shape index (κ3) is 5.31. The van der Waals surface area contributed by atoms with Gasteiger partial charge in [0.1, 0.15) is 11.5 Å². The topological polar surface area (TPSA) is 139 Å². The molecule has 33 heavy (non-hydrogen) atoms. The van der Waals surface area contributed by atoms with Gasteiger partial charge in [-0.1, -0.05) is 0 Å². The molecule has 1 saturated heterocycles. The van der Waals surface area contributed by atoms with Crippen molar-refractivity contribution >= 4 is 25.6 Å². The molecule has 11 heteroatoms. The molecule has 9 nitrogen and oxygen atoms in total. The predicted octanol–water partition coefficient (Wildman–Crippen LogP) is 1.75. The summed E-state index contributed by atoms with van der Waals surface area (Å²) < 4.78 is 65.2. The lowest BCUT2D eigenvalue weighted by atomic mass is 9.98. The van der Waals surface area contributed by atoms with E-state index in [0.29, 0.717) is 11.5 Å². The number of amides is 1. The predicted molar refractivity (Wildman–Crippen MR) is 121 cm³/mol. The van der Waals surface area contributed by atoms with Crippen LogP contribution in [-0.2, 0) is 29.2 Å². The van der Waals surface area contributed by atoms with E-state index >= 15 is 0 Å². The molecule has 0 aliphatic carbocycles. The Morgan fingerprint density at radius 1 is 0.939 bits per heavy atom. The van der Waals surface area contributed by atoms with Crippen LogP contribution in [0, 0.1) is 0 Å². The van der Waals surface area contributed by atoms with Crippen molar-refractivity contribution in [3.63, 3.8) is 0 Å². The SMILES string of the molecule is COc1ccc(S(=O)(=O)CCCOc2ccc(S(=O)(=O)C3(C(N)=O)CCOCC3)cc2)cc1. The van der Waals surface area contributed by atoms with Crippen LogP contribution in [0.15, 0.2) is 58.3 Å². The number of nitrogens with two attached hydrogens (primary N) is 1. The van der Waals surface area contributed by atoms with Crippen LogP contribution in [0.5, 0.6) is 11.5 Å². The van der Waals surface area contributed by atoms with Crippen LogP contribution in [0.2, 0.25) is 0 Å². The molecule has 0 unspecified atom stereocenters. The zero-order valence-electron chi connectivity index (χ0n) is 18.2. The summed E-state index contributed by atoms with van der Waals surface area (Å²) in [6.45, 7) is 0.412. The summed E-state index contributed by atoms with van der Waals surface area (Å²) in [4.78, 5) is 12.2. The molecule has 1 aliphatic heterocycles. The number of carbonyl (C=O) groups is 1. The molecule has 1 heterocycles. The minimum absolute atomic E-state index is 0.00554. The van der Waals surface area contributed by atoms with Gasteiger partial charge in [-0.25, -0.2) is 16.8 Å². The zero-order chi connectivity index (χ0) is 24.1. The van der Waals surface area contributed by atoms with Gasteiger partial charge in [0, 0.05) is 13.2 Å². The summed E-state index contributed by atoms with van der Waals surface area (Å²) in [6, 6.07) is 11.8. The number of carbonyl (C=O) groups excluding carboxylic acids is 1. The van der Waals surface area contributed by atoms with E-state index in [1.54, 1.807) is 12.1 Å². The Morgan fingerprint density at radius 2 is 1.48 bits per heavy atom. The Morgan fingerprint density at radius 3 is 2.03 bits per heavy atom. The highest BCUT2D eigenvalue weighted by atomic mass is 32.2. The third-order valence-electron chi connectivity index (χ3n) is 5.64. The van der Waals surface area contributed by atoms with Gasteiger partial charge in [0.05, 0.1) is 29.3 Å². The van der Waals surface area contributed by atoms with Crippen molar-refractivity contribution in [1.29, 1.82) is 0 Å². The molecule has 0 radical (unpaired) electrons. The molecule has 1 amide bonds. The summed E-state index contributed by atoms with van der Waals surface area (Å²) in [5, 5.41) is 0. The number of primary amides is 1. The van der Waals surface area contributed by atoms with Crippen LogP contribution in [-0.4, -0.2) is 60.2 Å². The third-order valence-corrected chi connectivity index (χ3v) is 9.99. The van der Waals surface area contributed by atoms with Crippen LogP contribution in [0.1, 0.15) is 19.3 Å². The van der Waals surface area contributed by atoms with Crippen molar-refractivity contribution in [3.05, 3.63) is 48.5 Å². The Kier molecular flexibility index (Phi) is 7.65. The maximum absolute atomic E-state index is 13.1. The van der Waals surface area contributed by atoms with E-state index in [-0.39, 0.29) is 54.6 Å². The fourth-order valence-corrected chi connectivity index (χ4v) is 6.83. The zero-order valence-corrected chi connectivity index (χ0v) is 19.9. The summed E-state index contributed by atoms with van der Waals surface area (Å²) in [7, 11) is -5.98. The average molecular weight is 498 g/mol. The molecular weight excluding hydrogens is 470 g/mol. The molecule has 2 N–H and O–H groups in total. The van der Waals surface area contributed by atoms with Crippen molar-refractivity contribution in [1.82, 2.24) is 0 Å².